The lowest BCUT2D eigenvalue weighted by Crippen LogP contribution is -2.15. The third-order valence-electron chi connectivity index (χ3n) is 3.81. The third kappa shape index (κ3) is 6.79. The summed E-state index contributed by atoms with van der Waals surface area (Å²) in [7, 11) is -3.31. The van der Waals surface area contributed by atoms with Crippen molar-refractivity contribution in [1.82, 2.24) is 10.2 Å². The zero-order valence-corrected chi connectivity index (χ0v) is 17.7. The van der Waals surface area contributed by atoms with Crippen LogP contribution in [0.3, 0.4) is 0 Å². The van der Waals surface area contributed by atoms with Gasteiger partial charge in [-0.05, 0) is 42.8 Å². The summed E-state index contributed by atoms with van der Waals surface area (Å²) in [5.41, 5.74) is 1.25. The van der Waals surface area contributed by atoms with E-state index < -0.39 is 10.0 Å². The molecule has 0 bridgehead atoms. The summed E-state index contributed by atoms with van der Waals surface area (Å²) in [6, 6.07) is 16.6. The summed E-state index contributed by atoms with van der Waals surface area (Å²) in [6.07, 6.45) is 0.564. The Morgan fingerprint density at radius 1 is 1.07 bits per heavy atom. The van der Waals surface area contributed by atoms with E-state index in [1.807, 2.05) is 37.3 Å². The standard InChI is InChI=1S/C20H23N3O4S2/c1-2-14-29(24,25)23-17-10-8-16(9-11-17)20-22-21-19(27-20)15-28-13-12-26-18-6-4-3-5-7-18/h3-11,23H,2,12-15H2,1H3. The fraction of sp³-hybridized carbons (Fsp3) is 0.300. The van der Waals surface area contributed by atoms with Crippen molar-refractivity contribution in [2.75, 3.05) is 22.8 Å². The number of benzene rings is 2. The Bertz CT molecular complexity index is 990. The van der Waals surface area contributed by atoms with E-state index in [-0.39, 0.29) is 5.75 Å². The lowest BCUT2D eigenvalue weighted by molar-refractivity contribution is 0.344. The van der Waals surface area contributed by atoms with Gasteiger partial charge in [0.05, 0.1) is 18.1 Å². The van der Waals surface area contributed by atoms with Gasteiger partial charge in [-0.15, -0.1) is 22.0 Å². The van der Waals surface area contributed by atoms with E-state index in [0.717, 1.165) is 17.1 Å². The van der Waals surface area contributed by atoms with Crippen molar-refractivity contribution in [3.63, 3.8) is 0 Å². The minimum absolute atomic E-state index is 0.0931. The van der Waals surface area contributed by atoms with Crippen molar-refractivity contribution in [2.45, 2.75) is 19.1 Å². The lowest BCUT2D eigenvalue weighted by atomic mass is 10.2. The summed E-state index contributed by atoms with van der Waals surface area (Å²) < 4.78 is 37.5. The minimum Gasteiger partial charge on any atom is -0.493 e. The fourth-order valence-corrected chi connectivity index (χ4v) is 4.27. The first-order valence-electron chi connectivity index (χ1n) is 9.24. The van der Waals surface area contributed by atoms with Gasteiger partial charge in [0.15, 0.2) is 0 Å². The van der Waals surface area contributed by atoms with E-state index in [9.17, 15) is 8.42 Å². The second-order valence-electron chi connectivity index (χ2n) is 6.21. The topological polar surface area (TPSA) is 94.3 Å². The Morgan fingerprint density at radius 3 is 2.55 bits per heavy atom. The number of hydrogen-bond acceptors (Lipinski definition) is 7. The molecule has 7 nitrogen and oxygen atoms in total. The van der Waals surface area contributed by atoms with Crippen molar-refractivity contribution < 1.29 is 17.6 Å². The van der Waals surface area contributed by atoms with Gasteiger partial charge < -0.3 is 9.15 Å². The Hall–Kier alpha value is -2.52. The molecule has 0 saturated heterocycles. The zero-order valence-electron chi connectivity index (χ0n) is 16.1. The number of nitrogens with zero attached hydrogens (tertiary/aromatic N) is 2. The third-order valence-corrected chi connectivity index (χ3v) is 6.21. The van der Waals surface area contributed by atoms with Gasteiger partial charge >= 0.3 is 0 Å². The summed E-state index contributed by atoms with van der Waals surface area (Å²) in [5.74, 6) is 3.30. The number of hydrogen-bond donors (Lipinski definition) is 1. The highest BCUT2D eigenvalue weighted by molar-refractivity contribution is 7.98. The highest BCUT2D eigenvalue weighted by Gasteiger charge is 2.11. The summed E-state index contributed by atoms with van der Waals surface area (Å²) in [4.78, 5) is 0. The molecule has 0 aliphatic rings. The largest absolute Gasteiger partial charge is 0.493 e. The number of para-hydroxylation sites is 1. The van der Waals surface area contributed by atoms with Crippen LogP contribution in [0.4, 0.5) is 5.69 Å². The Morgan fingerprint density at radius 2 is 1.83 bits per heavy atom. The molecule has 1 aromatic heterocycles. The van der Waals surface area contributed by atoms with E-state index in [0.29, 0.717) is 36.2 Å². The minimum atomic E-state index is -3.31. The van der Waals surface area contributed by atoms with E-state index in [1.165, 1.54) is 0 Å². The highest BCUT2D eigenvalue weighted by atomic mass is 32.2. The molecule has 0 aliphatic carbocycles. The first-order valence-corrected chi connectivity index (χ1v) is 12.1. The monoisotopic (exact) mass is 433 g/mol. The average Bonchev–Trinajstić information content (AvgIpc) is 3.18. The van der Waals surface area contributed by atoms with Crippen LogP contribution in [0.5, 0.6) is 5.75 Å². The second-order valence-corrected chi connectivity index (χ2v) is 9.16. The molecule has 0 fully saturated rings. The van der Waals surface area contributed by atoms with Gasteiger partial charge in [0.25, 0.3) is 0 Å². The molecule has 0 aliphatic heterocycles. The van der Waals surface area contributed by atoms with Crippen LogP contribution in [-0.4, -0.2) is 36.7 Å². The van der Waals surface area contributed by atoms with E-state index in [4.69, 9.17) is 9.15 Å². The van der Waals surface area contributed by atoms with Crippen LogP contribution < -0.4 is 9.46 Å². The molecule has 0 radical (unpaired) electrons. The lowest BCUT2D eigenvalue weighted by Gasteiger charge is -2.06. The van der Waals surface area contributed by atoms with Crippen LogP contribution in [0, 0.1) is 0 Å². The molecule has 3 aromatic rings. The van der Waals surface area contributed by atoms with Crippen LogP contribution in [0.15, 0.2) is 59.0 Å². The number of rotatable bonds is 11. The highest BCUT2D eigenvalue weighted by Crippen LogP contribution is 2.22. The molecule has 154 valence electrons. The van der Waals surface area contributed by atoms with Crippen LogP contribution >= 0.6 is 11.8 Å². The molecule has 0 spiro atoms. The van der Waals surface area contributed by atoms with Gasteiger partial charge in [-0.25, -0.2) is 8.42 Å². The van der Waals surface area contributed by atoms with Gasteiger partial charge in [-0.1, -0.05) is 25.1 Å². The molecule has 1 N–H and O–H groups in total. The number of sulfonamides is 1. The molecular formula is C20H23N3O4S2. The second kappa shape index (κ2) is 10.3. The number of ether oxygens (including phenoxy) is 1. The average molecular weight is 434 g/mol. The van der Waals surface area contributed by atoms with Crippen LogP contribution in [0.25, 0.3) is 11.5 Å². The first-order chi connectivity index (χ1) is 14.1. The van der Waals surface area contributed by atoms with Gasteiger partial charge in [0, 0.05) is 17.0 Å². The van der Waals surface area contributed by atoms with Crippen molar-refractivity contribution in [1.29, 1.82) is 0 Å². The first kappa shape index (κ1) is 21.2. The number of anilines is 1. The molecule has 0 amide bonds. The Labute approximate surface area is 174 Å². The van der Waals surface area contributed by atoms with Crippen LogP contribution in [0.1, 0.15) is 19.2 Å². The van der Waals surface area contributed by atoms with Crippen LogP contribution in [-0.2, 0) is 15.8 Å². The predicted octanol–water partition coefficient (Wildman–Crippen LogP) is 4.20. The van der Waals surface area contributed by atoms with E-state index in [2.05, 4.69) is 14.9 Å². The van der Waals surface area contributed by atoms with Crippen molar-refractivity contribution >= 4 is 27.5 Å². The van der Waals surface area contributed by atoms with Gasteiger partial charge in [0.1, 0.15) is 5.75 Å². The summed E-state index contributed by atoms with van der Waals surface area (Å²) in [5, 5.41) is 8.13. The molecule has 29 heavy (non-hydrogen) atoms. The zero-order chi connectivity index (χ0) is 20.5. The maximum atomic E-state index is 11.8. The molecule has 0 saturated carbocycles. The van der Waals surface area contributed by atoms with Crippen LogP contribution in [0.2, 0.25) is 0 Å². The van der Waals surface area contributed by atoms with E-state index >= 15 is 0 Å². The van der Waals surface area contributed by atoms with Gasteiger partial charge in [0.2, 0.25) is 21.8 Å². The van der Waals surface area contributed by atoms with Crippen molar-refractivity contribution in [2.24, 2.45) is 0 Å². The van der Waals surface area contributed by atoms with Gasteiger partial charge in [-0.3, -0.25) is 4.72 Å². The summed E-state index contributed by atoms with van der Waals surface area (Å²) in [6.45, 7) is 2.43. The number of nitrogens with one attached hydrogen (secondary N) is 1. The fourth-order valence-electron chi connectivity index (χ4n) is 2.50. The molecule has 1 heterocycles. The number of aromatic nitrogens is 2. The van der Waals surface area contributed by atoms with Crippen molar-refractivity contribution in [3.05, 3.63) is 60.5 Å². The molecule has 0 unspecified atom stereocenters. The van der Waals surface area contributed by atoms with Crippen molar-refractivity contribution in [3.8, 4) is 17.2 Å². The smallest absolute Gasteiger partial charge is 0.247 e. The predicted molar refractivity (Wildman–Crippen MR) is 116 cm³/mol. The molecule has 2 aromatic carbocycles. The maximum Gasteiger partial charge on any atom is 0.247 e. The molecular weight excluding hydrogens is 410 g/mol. The number of thioether (sulfide) groups is 1. The molecule has 9 heteroatoms. The Kier molecular flexibility index (Phi) is 7.54. The SMILES string of the molecule is CCCS(=O)(=O)Nc1ccc(-c2nnc(CSCCOc3ccccc3)o2)cc1. The molecule has 3 rings (SSSR count). The van der Waals surface area contributed by atoms with Gasteiger partial charge in [-0.2, -0.15) is 0 Å². The maximum absolute atomic E-state index is 11.8. The summed E-state index contributed by atoms with van der Waals surface area (Å²) >= 11 is 1.65. The Balaban J connectivity index is 1.47. The molecule has 0 atom stereocenters. The normalized spacial score (nSPS) is 11.3. The van der Waals surface area contributed by atoms with E-state index in [1.54, 1.807) is 36.0 Å². The quantitative estimate of drug-likeness (QED) is 0.453.